The number of amides is 1. The second kappa shape index (κ2) is 5.17. The first kappa shape index (κ1) is 14.8. The van der Waals surface area contributed by atoms with Gasteiger partial charge in [-0.2, -0.15) is 0 Å². The molecule has 0 saturated heterocycles. The lowest BCUT2D eigenvalue weighted by molar-refractivity contribution is -0.124. The number of hydrogen-bond acceptors (Lipinski definition) is 4. The van der Waals surface area contributed by atoms with Crippen molar-refractivity contribution < 1.29 is 24.9 Å². The Hall–Kier alpha value is -2.24. The highest BCUT2D eigenvalue weighted by Crippen LogP contribution is 2.37. The quantitative estimate of drug-likeness (QED) is 0.625. The van der Waals surface area contributed by atoms with E-state index in [4.69, 9.17) is 5.11 Å². The molecule has 6 nitrogen and oxygen atoms in total. The molecule has 0 atom stereocenters. The number of carbonyl (C=O) groups excluding carboxylic acids is 1. The molecule has 0 spiro atoms. The molecule has 0 aliphatic heterocycles. The van der Waals surface area contributed by atoms with Gasteiger partial charge >= 0.3 is 5.97 Å². The van der Waals surface area contributed by atoms with Gasteiger partial charge in [-0.1, -0.05) is 20.8 Å². The summed E-state index contributed by atoms with van der Waals surface area (Å²) in [5.41, 5.74) is -1.37. The van der Waals surface area contributed by atoms with Crippen LogP contribution in [0, 0.1) is 5.41 Å². The normalized spacial score (nSPS) is 11.1. The van der Waals surface area contributed by atoms with Crippen molar-refractivity contribution >= 4 is 17.6 Å². The zero-order chi connectivity index (χ0) is 14.8. The summed E-state index contributed by atoms with van der Waals surface area (Å²) >= 11 is 0. The maximum atomic E-state index is 12.0. The first-order valence-electron chi connectivity index (χ1n) is 5.80. The lowest BCUT2D eigenvalue weighted by Gasteiger charge is -2.22. The Labute approximate surface area is 110 Å². The van der Waals surface area contributed by atoms with Crippen molar-refractivity contribution in [2.75, 3.05) is 5.32 Å². The molecular weight excluding hydrogens is 250 g/mol. The van der Waals surface area contributed by atoms with E-state index >= 15 is 0 Å². The van der Waals surface area contributed by atoms with Crippen LogP contribution in [0.1, 0.15) is 37.6 Å². The third-order valence-electron chi connectivity index (χ3n) is 3.12. The summed E-state index contributed by atoms with van der Waals surface area (Å²) in [6, 6.07) is 2.17. The van der Waals surface area contributed by atoms with Crippen LogP contribution in [0.3, 0.4) is 0 Å². The molecule has 0 bridgehead atoms. The van der Waals surface area contributed by atoms with Gasteiger partial charge in [0.25, 0.3) is 0 Å². The fourth-order valence-electron chi connectivity index (χ4n) is 1.32. The van der Waals surface area contributed by atoms with Crippen molar-refractivity contribution in [3.8, 4) is 11.5 Å². The lowest BCUT2D eigenvalue weighted by atomic mass is 9.89. The molecule has 0 unspecified atom stereocenters. The molecule has 0 aromatic heterocycles. The first-order valence-corrected chi connectivity index (χ1v) is 5.80. The van der Waals surface area contributed by atoms with Crippen LogP contribution in [-0.2, 0) is 4.79 Å². The number of benzene rings is 1. The summed E-state index contributed by atoms with van der Waals surface area (Å²) in [5.74, 6) is -2.80. The van der Waals surface area contributed by atoms with E-state index in [1.165, 1.54) is 0 Å². The summed E-state index contributed by atoms with van der Waals surface area (Å²) in [4.78, 5) is 22.8. The van der Waals surface area contributed by atoms with E-state index in [1.807, 2.05) is 6.92 Å². The Kier molecular flexibility index (Phi) is 4.04. The number of rotatable bonds is 4. The second-order valence-electron chi connectivity index (χ2n) is 4.85. The Morgan fingerprint density at radius 1 is 1.26 bits per heavy atom. The standard InChI is InChI=1S/C13H17NO5/c1-4-13(2,3)12(19)14-9-8(15)6-5-7(10(9)16)11(17)18/h5-6,15-16H,4H2,1-3H3,(H,14,19)(H,17,18). The van der Waals surface area contributed by atoms with Gasteiger partial charge in [0.1, 0.15) is 17.0 Å². The zero-order valence-corrected chi connectivity index (χ0v) is 11.0. The van der Waals surface area contributed by atoms with Gasteiger partial charge in [-0.3, -0.25) is 4.79 Å². The van der Waals surface area contributed by atoms with Crippen LogP contribution < -0.4 is 5.32 Å². The molecule has 0 saturated carbocycles. The minimum atomic E-state index is -1.34. The molecule has 0 radical (unpaired) electrons. The van der Waals surface area contributed by atoms with Crippen LogP contribution >= 0.6 is 0 Å². The molecule has 1 aromatic carbocycles. The van der Waals surface area contributed by atoms with Gasteiger partial charge in [-0.25, -0.2) is 4.79 Å². The molecule has 0 fully saturated rings. The molecule has 1 rings (SSSR count). The molecule has 6 heteroatoms. The Morgan fingerprint density at radius 3 is 2.32 bits per heavy atom. The highest BCUT2D eigenvalue weighted by Gasteiger charge is 2.28. The number of nitrogens with one attached hydrogen (secondary N) is 1. The molecule has 4 N–H and O–H groups in total. The average molecular weight is 267 g/mol. The van der Waals surface area contributed by atoms with Gasteiger partial charge in [0.05, 0.1) is 0 Å². The monoisotopic (exact) mass is 267 g/mol. The molecule has 0 heterocycles. The van der Waals surface area contributed by atoms with E-state index in [-0.39, 0.29) is 17.0 Å². The minimum Gasteiger partial charge on any atom is -0.506 e. The Bertz CT molecular complexity index is 522. The minimum absolute atomic E-state index is 0.286. The number of carboxylic acids is 1. The lowest BCUT2D eigenvalue weighted by Crippen LogP contribution is -2.30. The third kappa shape index (κ3) is 2.96. The van der Waals surface area contributed by atoms with Gasteiger partial charge in [0.2, 0.25) is 5.91 Å². The topological polar surface area (TPSA) is 107 Å². The average Bonchev–Trinajstić information content (AvgIpc) is 2.33. The first-order chi connectivity index (χ1) is 8.70. The predicted octanol–water partition coefficient (Wildman–Crippen LogP) is 2.17. The molecular formula is C13H17NO5. The van der Waals surface area contributed by atoms with Crippen LogP contribution in [-0.4, -0.2) is 27.2 Å². The molecule has 19 heavy (non-hydrogen) atoms. The third-order valence-corrected chi connectivity index (χ3v) is 3.12. The van der Waals surface area contributed by atoms with Crippen LogP contribution in [0.25, 0.3) is 0 Å². The number of phenols is 2. The van der Waals surface area contributed by atoms with E-state index < -0.39 is 23.0 Å². The molecule has 1 aromatic rings. The molecule has 0 aliphatic rings. The van der Waals surface area contributed by atoms with E-state index in [0.717, 1.165) is 12.1 Å². The second-order valence-corrected chi connectivity index (χ2v) is 4.85. The van der Waals surface area contributed by atoms with E-state index in [0.29, 0.717) is 6.42 Å². The summed E-state index contributed by atoms with van der Waals surface area (Å²) < 4.78 is 0. The maximum Gasteiger partial charge on any atom is 0.339 e. The fourth-order valence-corrected chi connectivity index (χ4v) is 1.32. The number of carbonyl (C=O) groups is 2. The predicted molar refractivity (Wildman–Crippen MR) is 69.4 cm³/mol. The summed E-state index contributed by atoms with van der Waals surface area (Å²) in [6.45, 7) is 5.24. The summed E-state index contributed by atoms with van der Waals surface area (Å²) in [7, 11) is 0. The van der Waals surface area contributed by atoms with Crippen molar-refractivity contribution in [2.24, 2.45) is 5.41 Å². The van der Waals surface area contributed by atoms with E-state index in [1.54, 1.807) is 13.8 Å². The van der Waals surface area contributed by atoms with Gasteiger partial charge in [0, 0.05) is 5.41 Å². The molecule has 104 valence electrons. The maximum absolute atomic E-state index is 12.0. The molecule has 1 amide bonds. The SMILES string of the molecule is CCC(C)(C)C(=O)Nc1c(O)ccc(C(=O)O)c1O. The van der Waals surface area contributed by atoms with Gasteiger partial charge in [0.15, 0.2) is 5.75 Å². The highest BCUT2D eigenvalue weighted by molar-refractivity contribution is 6.01. The Morgan fingerprint density at radius 2 is 1.84 bits per heavy atom. The number of carboxylic acid groups (broad SMARTS) is 1. The smallest absolute Gasteiger partial charge is 0.339 e. The Balaban J connectivity index is 3.18. The van der Waals surface area contributed by atoms with E-state index in [2.05, 4.69) is 5.32 Å². The summed E-state index contributed by atoms with van der Waals surface area (Å²) in [6.07, 6.45) is 0.555. The summed E-state index contributed by atoms with van der Waals surface area (Å²) in [5, 5.41) is 30.6. The fraction of sp³-hybridized carbons (Fsp3) is 0.385. The number of anilines is 1. The molecule has 0 aliphatic carbocycles. The largest absolute Gasteiger partial charge is 0.506 e. The van der Waals surface area contributed by atoms with Crippen LogP contribution in [0.5, 0.6) is 11.5 Å². The number of aromatic carboxylic acids is 1. The van der Waals surface area contributed by atoms with Gasteiger partial charge < -0.3 is 20.6 Å². The van der Waals surface area contributed by atoms with Crippen LogP contribution in [0.2, 0.25) is 0 Å². The van der Waals surface area contributed by atoms with Crippen LogP contribution in [0.4, 0.5) is 5.69 Å². The van der Waals surface area contributed by atoms with Gasteiger partial charge in [-0.05, 0) is 18.6 Å². The van der Waals surface area contributed by atoms with Crippen molar-refractivity contribution in [3.63, 3.8) is 0 Å². The van der Waals surface area contributed by atoms with Crippen molar-refractivity contribution in [3.05, 3.63) is 17.7 Å². The number of hydrogen-bond donors (Lipinski definition) is 4. The van der Waals surface area contributed by atoms with E-state index in [9.17, 15) is 19.8 Å². The van der Waals surface area contributed by atoms with Crippen molar-refractivity contribution in [1.82, 2.24) is 0 Å². The van der Waals surface area contributed by atoms with Gasteiger partial charge in [-0.15, -0.1) is 0 Å². The highest BCUT2D eigenvalue weighted by atomic mass is 16.4. The van der Waals surface area contributed by atoms with Crippen molar-refractivity contribution in [2.45, 2.75) is 27.2 Å². The van der Waals surface area contributed by atoms with Crippen LogP contribution in [0.15, 0.2) is 12.1 Å². The number of phenolic OH excluding ortho intramolecular Hbond substituents is 1. The zero-order valence-electron chi connectivity index (χ0n) is 11.0. The number of aromatic hydroxyl groups is 2. The van der Waals surface area contributed by atoms with Crippen molar-refractivity contribution in [1.29, 1.82) is 0 Å².